The van der Waals surface area contributed by atoms with Crippen molar-refractivity contribution in [3.8, 4) is 0 Å². The second-order valence-electron chi connectivity index (χ2n) is 6.18. The molecule has 0 unspecified atom stereocenters. The molecule has 1 aromatic carbocycles. The number of carbonyl (C=O) groups is 2. The Morgan fingerprint density at radius 2 is 1.96 bits per heavy atom. The maximum absolute atomic E-state index is 12.4. The number of pyridine rings is 1. The Hall–Kier alpha value is -3.48. The summed E-state index contributed by atoms with van der Waals surface area (Å²) in [5, 5.41) is 9.03. The second kappa shape index (κ2) is 6.44. The van der Waals surface area contributed by atoms with E-state index in [0.717, 1.165) is 10.8 Å². The van der Waals surface area contributed by atoms with Gasteiger partial charge in [-0.05, 0) is 17.5 Å². The lowest BCUT2D eigenvalue weighted by Crippen LogP contribution is -2.50. The monoisotopic (exact) mass is 347 g/mol. The quantitative estimate of drug-likeness (QED) is 0.734. The fraction of sp³-hybridized carbons (Fsp3) is 0.158. The van der Waals surface area contributed by atoms with E-state index in [4.69, 9.17) is 0 Å². The first kappa shape index (κ1) is 16.0. The van der Waals surface area contributed by atoms with E-state index in [1.807, 2.05) is 24.3 Å². The number of rotatable bonds is 4. The van der Waals surface area contributed by atoms with Crippen LogP contribution >= 0.6 is 0 Å². The molecule has 4 rings (SSSR count). The summed E-state index contributed by atoms with van der Waals surface area (Å²) in [5.41, 5.74) is 0.946. The Bertz CT molecular complexity index is 1000. The minimum Gasteiger partial charge on any atom is -0.335 e. The van der Waals surface area contributed by atoms with Crippen LogP contribution in [-0.2, 0) is 4.79 Å². The van der Waals surface area contributed by atoms with E-state index in [0.29, 0.717) is 24.5 Å². The summed E-state index contributed by atoms with van der Waals surface area (Å²) >= 11 is 0. The summed E-state index contributed by atoms with van der Waals surface area (Å²) in [6, 6.07) is 9.63. The van der Waals surface area contributed by atoms with E-state index in [1.54, 1.807) is 34.2 Å². The molecule has 1 aliphatic rings. The third kappa shape index (κ3) is 2.95. The predicted molar refractivity (Wildman–Crippen MR) is 97.7 cm³/mol. The van der Waals surface area contributed by atoms with Crippen LogP contribution in [0.5, 0.6) is 0 Å². The molecule has 130 valence electrons. The number of nitrogens with zero attached hydrogens (tertiary/aromatic N) is 4. The number of anilines is 1. The molecule has 2 aromatic heterocycles. The van der Waals surface area contributed by atoms with Crippen LogP contribution in [0.15, 0.2) is 61.6 Å². The Balaban J connectivity index is 1.43. The lowest BCUT2D eigenvalue weighted by molar-refractivity contribution is -0.131. The molecular formula is C19H17N5O2. The van der Waals surface area contributed by atoms with Crippen LogP contribution in [0.4, 0.5) is 5.69 Å². The first-order valence-electron chi connectivity index (χ1n) is 8.25. The van der Waals surface area contributed by atoms with Gasteiger partial charge in [-0.15, -0.1) is 0 Å². The normalized spacial score (nSPS) is 14.1. The number of benzene rings is 1. The standard InChI is InChI=1S/C19H17N5O2/c1-2-18(25)23-11-16(12-23)24-10-15(9-21-24)22-19(26)17-7-13-5-3-4-6-14(13)8-20-17/h2-10,16H,1,11-12H2,(H,22,26). The molecule has 26 heavy (non-hydrogen) atoms. The average Bonchev–Trinajstić information content (AvgIpc) is 3.07. The highest BCUT2D eigenvalue weighted by molar-refractivity contribution is 6.04. The number of amides is 2. The van der Waals surface area contributed by atoms with Gasteiger partial charge in [-0.2, -0.15) is 5.10 Å². The molecule has 1 saturated heterocycles. The Morgan fingerprint density at radius 1 is 1.19 bits per heavy atom. The number of likely N-dealkylation sites (tertiary alicyclic amines) is 1. The van der Waals surface area contributed by atoms with Gasteiger partial charge in [-0.25, -0.2) is 0 Å². The average molecular weight is 347 g/mol. The molecule has 0 aliphatic carbocycles. The minimum atomic E-state index is -0.285. The third-order valence-electron chi connectivity index (χ3n) is 4.45. The van der Waals surface area contributed by atoms with Crippen molar-refractivity contribution >= 4 is 28.3 Å². The van der Waals surface area contributed by atoms with Crippen LogP contribution < -0.4 is 5.32 Å². The number of fused-ring (bicyclic) bond motifs is 1. The second-order valence-corrected chi connectivity index (χ2v) is 6.18. The van der Waals surface area contributed by atoms with Crippen molar-refractivity contribution in [3.05, 3.63) is 67.3 Å². The van der Waals surface area contributed by atoms with Crippen molar-refractivity contribution in [1.82, 2.24) is 19.7 Å². The number of carbonyl (C=O) groups excluding carboxylic acids is 2. The summed E-state index contributed by atoms with van der Waals surface area (Å²) in [4.78, 5) is 29.8. The molecule has 1 fully saturated rings. The number of hydrogen-bond acceptors (Lipinski definition) is 4. The maximum Gasteiger partial charge on any atom is 0.274 e. The Morgan fingerprint density at radius 3 is 2.73 bits per heavy atom. The summed E-state index contributed by atoms with van der Waals surface area (Å²) in [5.74, 6) is -0.364. The molecule has 0 spiro atoms. The third-order valence-corrected chi connectivity index (χ3v) is 4.45. The molecule has 0 radical (unpaired) electrons. The SMILES string of the molecule is C=CC(=O)N1CC(n2cc(NC(=O)c3cc4ccccc4cn3)cn2)C1. The fourth-order valence-corrected chi connectivity index (χ4v) is 2.94. The van der Waals surface area contributed by atoms with Crippen molar-refractivity contribution < 1.29 is 9.59 Å². The summed E-state index contributed by atoms with van der Waals surface area (Å²) in [7, 11) is 0. The van der Waals surface area contributed by atoms with Gasteiger partial charge in [0.1, 0.15) is 5.69 Å². The van der Waals surface area contributed by atoms with Crippen molar-refractivity contribution in [2.45, 2.75) is 6.04 Å². The van der Waals surface area contributed by atoms with E-state index in [2.05, 4.69) is 22.0 Å². The topological polar surface area (TPSA) is 80.1 Å². The van der Waals surface area contributed by atoms with E-state index >= 15 is 0 Å². The molecule has 0 bridgehead atoms. The predicted octanol–water partition coefficient (Wildman–Crippen LogP) is 2.25. The molecule has 7 heteroatoms. The highest BCUT2D eigenvalue weighted by Gasteiger charge is 2.31. The van der Waals surface area contributed by atoms with Crippen LogP contribution in [0.3, 0.4) is 0 Å². The molecule has 1 N–H and O–H groups in total. The fourth-order valence-electron chi connectivity index (χ4n) is 2.94. The van der Waals surface area contributed by atoms with Gasteiger partial charge < -0.3 is 10.2 Å². The van der Waals surface area contributed by atoms with E-state index in [1.165, 1.54) is 6.08 Å². The van der Waals surface area contributed by atoms with Crippen molar-refractivity contribution in [2.75, 3.05) is 18.4 Å². The van der Waals surface area contributed by atoms with E-state index in [-0.39, 0.29) is 17.9 Å². The van der Waals surface area contributed by atoms with Gasteiger partial charge in [-0.1, -0.05) is 30.8 Å². The van der Waals surface area contributed by atoms with Gasteiger partial charge in [0.25, 0.3) is 5.91 Å². The molecule has 3 aromatic rings. The van der Waals surface area contributed by atoms with Crippen LogP contribution in [0.25, 0.3) is 10.8 Å². The number of nitrogens with one attached hydrogen (secondary N) is 1. The highest BCUT2D eigenvalue weighted by Crippen LogP contribution is 2.22. The number of hydrogen-bond donors (Lipinski definition) is 1. The van der Waals surface area contributed by atoms with Gasteiger partial charge in [0, 0.05) is 30.9 Å². The maximum atomic E-state index is 12.4. The Kier molecular flexibility index (Phi) is 3.96. The van der Waals surface area contributed by atoms with Crippen LogP contribution in [0.2, 0.25) is 0 Å². The first-order valence-corrected chi connectivity index (χ1v) is 8.25. The minimum absolute atomic E-state index is 0.0793. The van der Waals surface area contributed by atoms with Crippen molar-refractivity contribution in [2.24, 2.45) is 0 Å². The Labute approximate surface area is 149 Å². The van der Waals surface area contributed by atoms with Gasteiger partial charge >= 0.3 is 0 Å². The largest absolute Gasteiger partial charge is 0.335 e. The van der Waals surface area contributed by atoms with Gasteiger partial charge in [0.05, 0.1) is 17.9 Å². The summed E-state index contributed by atoms with van der Waals surface area (Å²) in [6.07, 6.45) is 6.35. The molecule has 0 atom stereocenters. The highest BCUT2D eigenvalue weighted by atomic mass is 16.2. The molecule has 7 nitrogen and oxygen atoms in total. The molecule has 0 saturated carbocycles. The van der Waals surface area contributed by atoms with Crippen LogP contribution in [0.1, 0.15) is 16.5 Å². The van der Waals surface area contributed by atoms with Crippen LogP contribution in [0, 0.1) is 0 Å². The van der Waals surface area contributed by atoms with Crippen LogP contribution in [-0.4, -0.2) is 44.6 Å². The zero-order valence-corrected chi connectivity index (χ0v) is 14.0. The summed E-state index contributed by atoms with van der Waals surface area (Å²) < 4.78 is 1.76. The molecule has 2 amide bonds. The van der Waals surface area contributed by atoms with E-state index < -0.39 is 0 Å². The van der Waals surface area contributed by atoms with E-state index in [9.17, 15) is 9.59 Å². The zero-order chi connectivity index (χ0) is 18.1. The van der Waals surface area contributed by atoms with Gasteiger partial charge in [0.15, 0.2) is 0 Å². The lowest BCUT2D eigenvalue weighted by atomic mass is 10.1. The van der Waals surface area contributed by atoms with Crippen molar-refractivity contribution in [3.63, 3.8) is 0 Å². The number of aromatic nitrogens is 3. The van der Waals surface area contributed by atoms with Gasteiger partial charge in [-0.3, -0.25) is 19.3 Å². The van der Waals surface area contributed by atoms with Gasteiger partial charge in [0.2, 0.25) is 5.91 Å². The zero-order valence-electron chi connectivity index (χ0n) is 14.0. The molecular weight excluding hydrogens is 330 g/mol. The smallest absolute Gasteiger partial charge is 0.274 e. The van der Waals surface area contributed by atoms with Crippen molar-refractivity contribution in [1.29, 1.82) is 0 Å². The molecule has 3 heterocycles. The summed E-state index contributed by atoms with van der Waals surface area (Å²) in [6.45, 7) is 4.66. The first-order chi connectivity index (χ1) is 12.6. The lowest BCUT2D eigenvalue weighted by Gasteiger charge is -2.38. The molecule has 1 aliphatic heterocycles.